The van der Waals surface area contributed by atoms with Gasteiger partial charge in [-0.05, 0) is 6.92 Å². The molecule has 0 aliphatic carbocycles. The number of carbonyl (C=O) groups excluding carboxylic acids is 1. The maximum atomic E-state index is 12.1. The number of halogens is 3. The van der Waals surface area contributed by atoms with E-state index in [1.165, 1.54) is 6.92 Å². The van der Waals surface area contributed by atoms with Gasteiger partial charge in [0.05, 0.1) is 0 Å². The summed E-state index contributed by atoms with van der Waals surface area (Å²) >= 11 is 0.522. The van der Waals surface area contributed by atoms with Crippen molar-refractivity contribution < 1.29 is 18.0 Å². The number of nitrogens with one attached hydrogen (secondary N) is 1. The molecule has 0 aliphatic rings. The summed E-state index contributed by atoms with van der Waals surface area (Å²) in [5.41, 5.74) is 4.91. The van der Waals surface area contributed by atoms with Gasteiger partial charge in [0.1, 0.15) is 6.04 Å². The summed E-state index contributed by atoms with van der Waals surface area (Å²) in [5, 5.41) is 2.31. The second kappa shape index (κ2) is 4.01. The number of alkyl halides is 3. The zero-order chi connectivity index (χ0) is 11.6. The highest BCUT2D eigenvalue weighted by molar-refractivity contribution is 7.09. The summed E-state index contributed by atoms with van der Waals surface area (Å²) in [5.74, 6) is -1.91. The van der Waals surface area contributed by atoms with Crippen molar-refractivity contribution in [3.63, 3.8) is 0 Å². The number of nitrogens with zero attached hydrogens (tertiary/aromatic N) is 2. The van der Waals surface area contributed by atoms with Gasteiger partial charge >= 0.3 is 6.18 Å². The molecule has 1 heterocycles. The van der Waals surface area contributed by atoms with Crippen LogP contribution in [0.1, 0.15) is 12.7 Å². The van der Waals surface area contributed by atoms with Crippen LogP contribution in [0.25, 0.3) is 0 Å². The molecule has 1 unspecified atom stereocenters. The van der Waals surface area contributed by atoms with Gasteiger partial charge in [0.2, 0.25) is 16.9 Å². The van der Waals surface area contributed by atoms with Crippen molar-refractivity contribution in [1.29, 1.82) is 0 Å². The first-order chi connectivity index (χ1) is 6.80. The van der Waals surface area contributed by atoms with Crippen LogP contribution in [0.4, 0.5) is 18.3 Å². The molecule has 84 valence electrons. The Morgan fingerprint density at radius 3 is 2.60 bits per heavy atom. The van der Waals surface area contributed by atoms with Crippen LogP contribution in [0.5, 0.6) is 0 Å². The van der Waals surface area contributed by atoms with Crippen LogP contribution in [-0.2, 0) is 11.0 Å². The fourth-order valence-electron chi connectivity index (χ4n) is 0.654. The first kappa shape index (κ1) is 11.7. The number of hydrogen-bond donors (Lipinski definition) is 2. The Morgan fingerprint density at radius 2 is 2.20 bits per heavy atom. The monoisotopic (exact) mass is 240 g/mol. The number of amides is 1. The van der Waals surface area contributed by atoms with E-state index < -0.39 is 23.9 Å². The number of hydrogen-bond acceptors (Lipinski definition) is 5. The summed E-state index contributed by atoms with van der Waals surface area (Å²) in [7, 11) is 0. The van der Waals surface area contributed by atoms with Gasteiger partial charge in [-0.3, -0.25) is 4.79 Å². The molecule has 15 heavy (non-hydrogen) atoms. The Bertz CT molecular complexity index is 364. The van der Waals surface area contributed by atoms with Crippen LogP contribution >= 0.6 is 11.5 Å². The number of primary amides is 1. The molecule has 0 aliphatic heterocycles. The van der Waals surface area contributed by atoms with Crippen molar-refractivity contribution in [3.05, 3.63) is 5.82 Å². The number of carbonyl (C=O) groups is 1. The standard InChI is InChI=1S/C6H7F3N4OS/c1-2(3(10)14)11-5-12-4(13-15-5)6(7,8)9/h2H,1H3,(H2,10,14)(H,11,12,13). The highest BCUT2D eigenvalue weighted by Gasteiger charge is 2.36. The Hall–Kier alpha value is -1.38. The van der Waals surface area contributed by atoms with Gasteiger partial charge in [0.15, 0.2) is 0 Å². The van der Waals surface area contributed by atoms with Crippen LogP contribution in [0.3, 0.4) is 0 Å². The highest BCUT2D eigenvalue weighted by atomic mass is 32.1. The van der Waals surface area contributed by atoms with Crippen molar-refractivity contribution in [3.8, 4) is 0 Å². The summed E-state index contributed by atoms with van der Waals surface area (Å²) in [6.07, 6.45) is -4.58. The summed E-state index contributed by atoms with van der Waals surface area (Å²) in [6.45, 7) is 1.41. The highest BCUT2D eigenvalue weighted by Crippen LogP contribution is 2.28. The van der Waals surface area contributed by atoms with Crippen LogP contribution in [0.2, 0.25) is 0 Å². The molecule has 0 fully saturated rings. The Kier molecular flexibility index (Phi) is 3.12. The van der Waals surface area contributed by atoms with Crippen molar-refractivity contribution in [2.24, 2.45) is 5.73 Å². The van der Waals surface area contributed by atoms with E-state index in [4.69, 9.17) is 5.73 Å². The second-order valence-electron chi connectivity index (χ2n) is 2.69. The van der Waals surface area contributed by atoms with E-state index in [-0.39, 0.29) is 5.13 Å². The quantitative estimate of drug-likeness (QED) is 0.820. The van der Waals surface area contributed by atoms with E-state index >= 15 is 0 Å². The summed E-state index contributed by atoms with van der Waals surface area (Å²) < 4.78 is 39.3. The van der Waals surface area contributed by atoms with E-state index in [1.807, 2.05) is 0 Å². The lowest BCUT2D eigenvalue weighted by Crippen LogP contribution is -2.32. The third-order valence-electron chi connectivity index (χ3n) is 1.45. The van der Waals surface area contributed by atoms with Crippen LogP contribution < -0.4 is 11.1 Å². The Labute approximate surface area is 86.7 Å². The van der Waals surface area contributed by atoms with E-state index in [9.17, 15) is 18.0 Å². The normalized spacial score (nSPS) is 13.6. The molecule has 5 nitrogen and oxygen atoms in total. The lowest BCUT2D eigenvalue weighted by molar-refractivity contribution is -0.144. The van der Waals surface area contributed by atoms with Crippen molar-refractivity contribution in [2.45, 2.75) is 19.1 Å². The Morgan fingerprint density at radius 1 is 1.60 bits per heavy atom. The lowest BCUT2D eigenvalue weighted by Gasteiger charge is -2.06. The molecule has 1 rings (SSSR count). The van der Waals surface area contributed by atoms with E-state index in [0.717, 1.165) is 0 Å². The topological polar surface area (TPSA) is 80.9 Å². The second-order valence-corrected chi connectivity index (χ2v) is 3.44. The molecule has 1 amide bonds. The number of nitrogens with two attached hydrogens (primary N) is 1. The SMILES string of the molecule is CC(Nc1nc(C(F)(F)F)ns1)C(N)=O. The first-order valence-electron chi connectivity index (χ1n) is 3.77. The first-order valence-corrected chi connectivity index (χ1v) is 4.55. The maximum Gasteiger partial charge on any atom is 0.452 e. The maximum absolute atomic E-state index is 12.1. The fraction of sp³-hybridized carbons (Fsp3) is 0.500. The van der Waals surface area contributed by atoms with Crippen molar-refractivity contribution in [1.82, 2.24) is 9.36 Å². The molecule has 1 aromatic rings. The third-order valence-corrected chi connectivity index (χ3v) is 2.09. The zero-order valence-corrected chi connectivity index (χ0v) is 8.32. The number of aromatic nitrogens is 2. The van der Waals surface area contributed by atoms with Gasteiger partial charge in [-0.1, -0.05) is 0 Å². The predicted molar refractivity (Wildman–Crippen MR) is 47.2 cm³/mol. The number of anilines is 1. The van der Waals surface area contributed by atoms with E-state index in [2.05, 4.69) is 14.7 Å². The molecule has 0 aromatic carbocycles. The molecule has 1 atom stereocenters. The minimum Gasteiger partial charge on any atom is -0.368 e. The Balaban J connectivity index is 2.73. The molecule has 0 bridgehead atoms. The molecule has 0 saturated carbocycles. The molecular formula is C6H7F3N4OS. The smallest absolute Gasteiger partial charge is 0.368 e. The average molecular weight is 240 g/mol. The zero-order valence-electron chi connectivity index (χ0n) is 7.50. The molecule has 1 aromatic heterocycles. The molecular weight excluding hydrogens is 233 g/mol. The van der Waals surface area contributed by atoms with Crippen LogP contribution in [0, 0.1) is 0 Å². The van der Waals surface area contributed by atoms with Gasteiger partial charge in [0, 0.05) is 11.5 Å². The summed E-state index contributed by atoms with van der Waals surface area (Å²) in [6, 6.07) is -0.793. The van der Waals surface area contributed by atoms with Crippen LogP contribution in [0.15, 0.2) is 0 Å². The van der Waals surface area contributed by atoms with Crippen molar-refractivity contribution in [2.75, 3.05) is 5.32 Å². The van der Waals surface area contributed by atoms with E-state index in [1.54, 1.807) is 0 Å². The lowest BCUT2D eigenvalue weighted by atomic mass is 10.3. The van der Waals surface area contributed by atoms with Gasteiger partial charge in [-0.15, -0.1) is 0 Å². The average Bonchev–Trinajstić information content (AvgIpc) is 2.51. The molecule has 3 N–H and O–H groups in total. The molecule has 0 spiro atoms. The van der Waals surface area contributed by atoms with Crippen molar-refractivity contribution >= 4 is 22.6 Å². The molecule has 0 radical (unpaired) electrons. The van der Waals surface area contributed by atoms with Gasteiger partial charge < -0.3 is 11.1 Å². The minimum atomic E-state index is -4.58. The molecule has 9 heteroatoms. The molecule has 0 saturated heterocycles. The number of rotatable bonds is 3. The summed E-state index contributed by atoms with van der Waals surface area (Å²) in [4.78, 5) is 13.8. The predicted octanol–water partition coefficient (Wildman–Crippen LogP) is 0.843. The fourth-order valence-corrected chi connectivity index (χ4v) is 1.33. The van der Waals surface area contributed by atoms with Gasteiger partial charge in [-0.2, -0.15) is 22.5 Å². The van der Waals surface area contributed by atoms with Gasteiger partial charge in [0.25, 0.3) is 0 Å². The third kappa shape index (κ3) is 3.05. The van der Waals surface area contributed by atoms with Gasteiger partial charge in [-0.25, -0.2) is 0 Å². The van der Waals surface area contributed by atoms with E-state index in [0.29, 0.717) is 11.5 Å². The minimum absolute atomic E-state index is 0.0892. The largest absolute Gasteiger partial charge is 0.452 e. The van der Waals surface area contributed by atoms with Crippen LogP contribution in [-0.4, -0.2) is 21.3 Å².